The molecule has 13 N–H and O–H groups in total. The SMILES string of the molecule is CC(CCC(OC1OC(CO)C(O)C(O)C1OC1OC(CO)C(O)C(O)C1O)C(C)(C)O)C1CCC2(C)C3CC=C4C(CCC(OC5OC(CO)C(O)C(O)C5O)C4(C)C)C3(C)C(O)CC12C. The Hall–Kier alpha value is -1.02. The van der Waals surface area contributed by atoms with Crippen molar-refractivity contribution < 1.29 is 94.8 Å². The van der Waals surface area contributed by atoms with Crippen LogP contribution in [-0.4, -0.2) is 202 Å². The average molecular weight is 963 g/mol. The molecule has 3 saturated carbocycles. The summed E-state index contributed by atoms with van der Waals surface area (Å²) >= 11 is 0. The van der Waals surface area contributed by atoms with E-state index in [4.69, 9.17) is 28.4 Å². The number of aliphatic hydroxyl groups excluding tert-OH is 12. The molecule has 25 atom stereocenters. The summed E-state index contributed by atoms with van der Waals surface area (Å²) in [6, 6.07) is 0. The summed E-state index contributed by atoms with van der Waals surface area (Å²) in [6.07, 6.45) is -17.3. The topological polar surface area (TPSA) is 318 Å². The van der Waals surface area contributed by atoms with Crippen molar-refractivity contribution in [3.05, 3.63) is 11.6 Å². The largest absolute Gasteiger partial charge is 0.394 e. The van der Waals surface area contributed by atoms with Crippen molar-refractivity contribution in [1.82, 2.24) is 0 Å². The van der Waals surface area contributed by atoms with Gasteiger partial charge in [0.2, 0.25) is 0 Å². The summed E-state index contributed by atoms with van der Waals surface area (Å²) in [4.78, 5) is 0. The minimum atomic E-state index is -1.83. The van der Waals surface area contributed by atoms with Gasteiger partial charge in [-0.05, 0) is 99.7 Å². The second kappa shape index (κ2) is 19.8. The van der Waals surface area contributed by atoms with Crippen molar-refractivity contribution in [2.24, 2.45) is 45.3 Å². The van der Waals surface area contributed by atoms with Gasteiger partial charge in [-0.15, -0.1) is 0 Å². The molecule has 19 heteroatoms. The van der Waals surface area contributed by atoms with E-state index in [1.54, 1.807) is 13.8 Å². The highest BCUT2D eigenvalue weighted by molar-refractivity contribution is 5.32. The predicted molar refractivity (Wildman–Crippen MR) is 235 cm³/mol. The van der Waals surface area contributed by atoms with Gasteiger partial charge in [0.1, 0.15) is 73.2 Å². The molecule has 0 spiro atoms. The first kappa shape index (κ1) is 53.8. The van der Waals surface area contributed by atoms with E-state index in [-0.39, 0.29) is 34.5 Å². The fourth-order valence-corrected chi connectivity index (χ4v) is 14.2. The van der Waals surface area contributed by atoms with Gasteiger partial charge in [-0.2, -0.15) is 0 Å². The van der Waals surface area contributed by atoms with E-state index in [2.05, 4.69) is 47.6 Å². The Bertz CT molecular complexity index is 1710. The quantitative estimate of drug-likeness (QED) is 0.0924. The van der Waals surface area contributed by atoms with Crippen molar-refractivity contribution >= 4 is 0 Å². The van der Waals surface area contributed by atoms with Gasteiger partial charge in [0.15, 0.2) is 18.9 Å². The molecule has 0 bridgehead atoms. The van der Waals surface area contributed by atoms with Crippen LogP contribution in [0.2, 0.25) is 0 Å². The fourth-order valence-electron chi connectivity index (χ4n) is 14.2. The molecule has 3 aliphatic heterocycles. The number of allylic oxidation sites excluding steroid dienone is 1. The third kappa shape index (κ3) is 9.13. The van der Waals surface area contributed by atoms with Crippen molar-refractivity contribution in [3.8, 4) is 0 Å². The molecule has 25 unspecified atom stereocenters. The van der Waals surface area contributed by atoms with E-state index in [1.165, 1.54) is 5.57 Å². The summed E-state index contributed by atoms with van der Waals surface area (Å²) in [5.41, 5.74) is -1.70. The Morgan fingerprint density at radius 1 is 0.657 bits per heavy atom. The lowest BCUT2D eigenvalue weighted by atomic mass is 9.38. The molecule has 3 saturated heterocycles. The van der Waals surface area contributed by atoms with E-state index >= 15 is 0 Å². The van der Waals surface area contributed by atoms with Gasteiger partial charge in [-0.1, -0.05) is 53.2 Å². The first-order chi connectivity index (χ1) is 31.2. The third-order valence-corrected chi connectivity index (χ3v) is 18.7. The molecular weight excluding hydrogens is 881 g/mol. The summed E-state index contributed by atoms with van der Waals surface area (Å²) in [5.74, 6) is 0.476. The molecule has 67 heavy (non-hydrogen) atoms. The van der Waals surface area contributed by atoms with E-state index in [0.717, 1.165) is 25.7 Å². The highest BCUT2D eigenvalue weighted by atomic mass is 16.8. The van der Waals surface area contributed by atoms with E-state index in [9.17, 15) is 66.4 Å². The van der Waals surface area contributed by atoms with Gasteiger partial charge >= 0.3 is 0 Å². The Labute approximate surface area is 393 Å². The lowest BCUT2D eigenvalue weighted by Gasteiger charge is -2.67. The highest BCUT2D eigenvalue weighted by Crippen LogP contribution is 2.75. The number of fused-ring (bicyclic) bond motifs is 5. The number of ether oxygens (including phenoxy) is 6. The van der Waals surface area contributed by atoms with Crippen LogP contribution in [0.3, 0.4) is 0 Å². The van der Waals surface area contributed by atoms with Crippen LogP contribution in [0.25, 0.3) is 0 Å². The zero-order valence-corrected chi connectivity index (χ0v) is 40.3. The molecule has 19 nitrogen and oxygen atoms in total. The lowest BCUT2D eigenvalue weighted by Crippen LogP contribution is -2.65. The monoisotopic (exact) mass is 963 g/mol. The van der Waals surface area contributed by atoms with Gasteiger partial charge in [-0.25, -0.2) is 0 Å². The van der Waals surface area contributed by atoms with Crippen LogP contribution in [0.1, 0.15) is 107 Å². The minimum absolute atomic E-state index is 0.0500. The molecule has 0 radical (unpaired) electrons. The maximum atomic E-state index is 12.6. The molecule has 388 valence electrons. The average Bonchev–Trinajstić information content (AvgIpc) is 3.54. The Kier molecular flexibility index (Phi) is 15.9. The second-order valence-corrected chi connectivity index (χ2v) is 23.0. The molecule has 0 aromatic rings. The lowest BCUT2D eigenvalue weighted by molar-refractivity contribution is -0.375. The van der Waals surface area contributed by atoms with Crippen LogP contribution in [0.4, 0.5) is 0 Å². The van der Waals surface area contributed by atoms with Crippen LogP contribution >= 0.6 is 0 Å². The van der Waals surface area contributed by atoms with Crippen molar-refractivity contribution in [1.29, 1.82) is 0 Å². The summed E-state index contributed by atoms with van der Waals surface area (Å²) < 4.78 is 35.9. The summed E-state index contributed by atoms with van der Waals surface area (Å²) in [7, 11) is 0. The van der Waals surface area contributed by atoms with E-state index < -0.39 is 147 Å². The molecule has 0 amide bonds. The number of rotatable bonds is 14. The first-order valence-electron chi connectivity index (χ1n) is 24.5. The van der Waals surface area contributed by atoms with Crippen LogP contribution in [-0.2, 0) is 28.4 Å². The summed E-state index contributed by atoms with van der Waals surface area (Å²) in [5, 5.41) is 139. The van der Waals surface area contributed by atoms with Gasteiger partial charge < -0.3 is 94.8 Å². The van der Waals surface area contributed by atoms with Gasteiger partial charge in [0.25, 0.3) is 0 Å². The Balaban J connectivity index is 1.06. The molecular formula is C48H82O19. The molecule has 0 aromatic carbocycles. The molecule has 7 rings (SSSR count). The predicted octanol–water partition coefficient (Wildman–Crippen LogP) is -1.06. The highest BCUT2D eigenvalue weighted by Gasteiger charge is 2.70. The van der Waals surface area contributed by atoms with E-state index in [1.807, 2.05) is 0 Å². The molecule has 3 heterocycles. The number of hydrogen-bond acceptors (Lipinski definition) is 19. The van der Waals surface area contributed by atoms with Crippen molar-refractivity contribution in [3.63, 3.8) is 0 Å². The Morgan fingerprint density at radius 2 is 1.18 bits per heavy atom. The van der Waals surface area contributed by atoms with Crippen LogP contribution in [0.5, 0.6) is 0 Å². The van der Waals surface area contributed by atoms with Gasteiger partial charge in [0, 0.05) is 10.8 Å². The van der Waals surface area contributed by atoms with Crippen molar-refractivity contribution in [2.45, 2.75) is 223 Å². The first-order valence-corrected chi connectivity index (χ1v) is 24.5. The van der Waals surface area contributed by atoms with Crippen LogP contribution in [0, 0.1) is 45.3 Å². The van der Waals surface area contributed by atoms with Gasteiger partial charge in [-0.3, -0.25) is 0 Å². The standard InChI is InChI=1S/C48H82O19/c1-21(9-13-31(45(4,5)61)66-43-40(37(58)34(55)27(20-51)64-43)67-42-39(60)36(57)33(54)26(19-50)63-42)22-15-16-46(6)28-12-10-23-24(48(28,8)29(52)17-47(22,46)7)11-14-30(44(23,2)3)65-41-38(59)35(56)32(53)25(18-49)62-41/h10,21-22,24-43,49-61H,9,11-20H2,1-8H3. The maximum Gasteiger partial charge on any atom is 0.187 e. The van der Waals surface area contributed by atoms with Crippen LogP contribution < -0.4 is 0 Å². The minimum Gasteiger partial charge on any atom is -0.394 e. The zero-order chi connectivity index (χ0) is 49.5. The normalized spacial score (nSPS) is 51.0. The maximum absolute atomic E-state index is 12.6. The van der Waals surface area contributed by atoms with Crippen molar-refractivity contribution in [2.75, 3.05) is 19.8 Å². The third-order valence-electron chi connectivity index (χ3n) is 18.7. The number of hydrogen-bond donors (Lipinski definition) is 13. The molecule has 6 fully saturated rings. The van der Waals surface area contributed by atoms with Crippen LogP contribution in [0.15, 0.2) is 11.6 Å². The molecule has 7 aliphatic rings. The van der Waals surface area contributed by atoms with E-state index in [0.29, 0.717) is 25.7 Å². The zero-order valence-electron chi connectivity index (χ0n) is 40.3. The summed E-state index contributed by atoms with van der Waals surface area (Å²) in [6.45, 7) is 14.5. The Morgan fingerprint density at radius 3 is 1.72 bits per heavy atom. The second-order valence-electron chi connectivity index (χ2n) is 23.0. The fraction of sp³-hybridized carbons (Fsp3) is 0.958. The molecule has 0 aromatic heterocycles. The number of aliphatic hydroxyl groups is 13. The smallest absolute Gasteiger partial charge is 0.187 e. The van der Waals surface area contributed by atoms with Gasteiger partial charge in [0.05, 0.1) is 43.7 Å². The molecule has 4 aliphatic carbocycles.